The number of nitrogens with zero attached hydrogens (tertiary/aromatic N) is 1. The van der Waals surface area contributed by atoms with Gasteiger partial charge >= 0.3 is 0 Å². The predicted molar refractivity (Wildman–Crippen MR) is 60.5 cm³/mol. The highest BCUT2D eigenvalue weighted by molar-refractivity contribution is 5.79. The van der Waals surface area contributed by atoms with Crippen LogP contribution in [0.1, 0.15) is 33.1 Å². The largest absolute Gasteiger partial charge is 0.340 e. The van der Waals surface area contributed by atoms with Crippen LogP contribution in [0.15, 0.2) is 0 Å². The molecule has 0 radical (unpaired) electrons. The summed E-state index contributed by atoms with van der Waals surface area (Å²) >= 11 is 0. The summed E-state index contributed by atoms with van der Waals surface area (Å²) in [5.74, 6) is 1.33. The molecule has 0 bridgehead atoms. The second-order valence-electron chi connectivity index (χ2n) is 5.15. The van der Waals surface area contributed by atoms with Crippen LogP contribution in [0, 0.1) is 11.8 Å². The molecule has 0 spiro atoms. The topological polar surface area (TPSA) is 32.3 Å². The van der Waals surface area contributed by atoms with E-state index in [0.717, 1.165) is 26.1 Å². The highest BCUT2D eigenvalue weighted by atomic mass is 16.2. The van der Waals surface area contributed by atoms with Crippen LogP contribution in [0.4, 0.5) is 0 Å². The highest BCUT2D eigenvalue weighted by Crippen LogP contribution is 2.32. The standard InChI is InChI=1S/C12H22N2O/c1-9-4-3-5-11(9)12(15)14-7-6-13-10(2)8-14/h9-11,13H,3-8H2,1-2H3/t9?,10-,11?/m1/s1. The maximum Gasteiger partial charge on any atom is 0.226 e. The van der Waals surface area contributed by atoms with E-state index in [0.29, 0.717) is 23.8 Å². The summed E-state index contributed by atoms with van der Waals surface area (Å²) in [7, 11) is 0. The molecule has 3 atom stereocenters. The Labute approximate surface area is 92.2 Å². The third-order valence-electron chi connectivity index (χ3n) is 3.86. The molecule has 1 heterocycles. The zero-order valence-electron chi connectivity index (χ0n) is 9.83. The molecule has 86 valence electrons. The molecule has 2 fully saturated rings. The van der Waals surface area contributed by atoms with Gasteiger partial charge in [0.15, 0.2) is 0 Å². The smallest absolute Gasteiger partial charge is 0.226 e. The van der Waals surface area contributed by atoms with Crippen molar-refractivity contribution in [3.63, 3.8) is 0 Å². The van der Waals surface area contributed by atoms with E-state index >= 15 is 0 Å². The van der Waals surface area contributed by atoms with Gasteiger partial charge in [-0.05, 0) is 25.7 Å². The Bertz CT molecular complexity index is 242. The number of amides is 1. The van der Waals surface area contributed by atoms with E-state index in [9.17, 15) is 4.79 Å². The average Bonchev–Trinajstić information content (AvgIpc) is 2.63. The summed E-state index contributed by atoms with van der Waals surface area (Å²) in [5.41, 5.74) is 0. The molecule has 1 aliphatic heterocycles. The van der Waals surface area contributed by atoms with Crippen LogP contribution in [0.25, 0.3) is 0 Å². The van der Waals surface area contributed by atoms with Crippen molar-refractivity contribution in [2.45, 2.75) is 39.2 Å². The maximum atomic E-state index is 12.3. The van der Waals surface area contributed by atoms with Crippen molar-refractivity contribution in [1.29, 1.82) is 0 Å². The molecule has 2 rings (SSSR count). The molecule has 3 heteroatoms. The number of carbonyl (C=O) groups excluding carboxylic acids is 1. The minimum atomic E-state index is 0.315. The van der Waals surface area contributed by atoms with Crippen molar-refractivity contribution in [3.8, 4) is 0 Å². The first-order valence-corrected chi connectivity index (χ1v) is 6.20. The van der Waals surface area contributed by atoms with Gasteiger partial charge < -0.3 is 10.2 Å². The molecule has 1 N–H and O–H groups in total. The molecular formula is C12H22N2O. The van der Waals surface area contributed by atoms with Crippen LogP contribution in [0.5, 0.6) is 0 Å². The van der Waals surface area contributed by atoms with Gasteiger partial charge in [0.25, 0.3) is 0 Å². The van der Waals surface area contributed by atoms with Crippen LogP contribution in [-0.2, 0) is 4.79 Å². The van der Waals surface area contributed by atoms with Crippen molar-refractivity contribution in [2.75, 3.05) is 19.6 Å². The normalized spacial score (nSPS) is 36.9. The molecule has 2 aliphatic rings. The van der Waals surface area contributed by atoms with Gasteiger partial charge in [-0.15, -0.1) is 0 Å². The predicted octanol–water partition coefficient (Wildman–Crippen LogP) is 1.24. The lowest BCUT2D eigenvalue weighted by Crippen LogP contribution is -2.53. The van der Waals surface area contributed by atoms with E-state index in [1.807, 2.05) is 0 Å². The van der Waals surface area contributed by atoms with E-state index in [1.54, 1.807) is 0 Å². The first-order chi connectivity index (χ1) is 7.18. The molecule has 1 saturated heterocycles. The first-order valence-electron chi connectivity index (χ1n) is 6.20. The lowest BCUT2D eigenvalue weighted by atomic mass is 9.96. The Kier molecular flexibility index (Phi) is 3.29. The van der Waals surface area contributed by atoms with Gasteiger partial charge in [-0.1, -0.05) is 13.3 Å². The SMILES string of the molecule is CC1CCCC1C(=O)N1CCN[C@H](C)C1. The molecule has 3 nitrogen and oxygen atoms in total. The van der Waals surface area contributed by atoms with Crippen LogP contribution in [0.2, 0.25) is 0 Å². The molecule has 0 aromatic heterocycles. The Morgan fingerprint density at radius 1 is 1.33 bits per heavy atom. The number of nitrogens with one attached hydrogen (secondary N) is 1. The molecular weight excluding hydrogens is 188 g/mol. The molecule has 1 amide bonds. The fourth-order valence-electron chi connectivity index (χ4n) is 2.88. The summed E-state index contributed by atoms with van der Waals surface area (Å²) < 4.78 is 0. The molecule has 2 unspecified atom stereocenters. The van der Waals surface area contributed by atoms with E-state index in [2.05, 4.69) is 24.1 Å². The number of hydrogen-bond acceptors (Lipinski definition) is 2. The van der Waals surface area contributed by atoms with E-state index in [1.165, 1.54) is 12.8 Å². The third-order valence-corrected chi connectivity index (χ3v) is 3.86. The van der Waals surface area contributed by atoms with Crippen LogP contribution >= 0.6 is 0 Å². The average molecular weight is 210 g/mol. The van der Waals surface area contributed by atoms with E-state index in [4.69, 9.17) is 0 Å². The Balaban J connectivity index is 1.94. The van der Waals surface area contributed by atoms with Crippen molar-refractivity contribution in [1.82, 2.24) is 10.2 Å². The van der Waals surface area contributed by atoms with Gasteiger partial charge in [0.2, 0.25) is 5.91 Å². The zero-order valence-corrected chi connectivity index (χ0v) is 9.83. The van der Waals surface area contributed by atoms with Crippen LogP contribution in [-0.4, -0.2) is 36.5 Å². The summed E-state index contributed by atoms with van der Waals surface area (Å²) in [6.07, 6.45) is 3.58. The minimum absolute atomic E-state index is 0.315. The van der Waals surface area contributed by atoms with Gasteiger partial charge in [-0.3, -0.25) is 4.79 Å². The third kappa shape index (κ3) is 2.33. The number of rotatable bonds is 1. The highest BCUT2D eigenvalue weighted by Gasteiger charge is 2.33. The van der Waals surface area contributed by atoms with Crippen LogP contribution in [0.3, 0.4) is 0 Å². The van der Waals surface area contributed by atoms with Crippen molar-refractivity contribution >= 4 is 5.91 Å². The van der Waals surface area contributed by atoms with Gasteiger partial charge in [-0.25, -0.2) is 0 Å². The summed E-state index contributed by atoms with van der Waals surface area (Å²) in [6.45, 7) is 7.11. The molecule has 0 aromatic carbocycles. The lowest BCUT2D eigenvalue weighted by molar-refractivity contribution is -0.137. The van der Waals surface area contributed by atoms with E-state index in [-0.39, 0.29) is 0 Å². The summed E-state index contributed by atoms with van der Waals surface area (Å²) in [4.78, 5) is 14.3. The second kappa shape index (κ2) is 4.52. The Hall–Kier alpha value is -0.570. The number of hydrogen-bond donors (Lipinski definition) is 1. The van der Waals surface area contributed by atoms with Gasteiger partial charge in [0, 0.05) is 31.6 Å². The minimum Gasteiger partial charge on any atom is -0.340 e. The van der Waals surface area contributed by atoms with Crippen molar-refractivity contribution in [2.24, 2.45) is 11.8 Å². The quantitative estimate of drug-likeness (QED) is 0.706. The molecule has 1 aliphatic carbocycles. The maximum absolute atomic E-state index is 12.3. The lowest BCUT2D eigenvalue weighted by Gasteiger charge is -2.34. The van der Waals surface area contributed by atoms with Crippen LogP contribution < -0.4 is 5.32 Å². The molecule has 0 aromatic rings. The van der Waals surface area contributed by atoms with Gasteiger partial charge in [0.1, 0.15) is 0 Å². The van der Waals surface area contributed by atoms with Crippen molar-refractivity contribution in [3.05, 3.63) is 0 Å². The zero-order chi connectivity index (χ0) is 10.8. The van der Waals surface area contributed by atoms with Gasteiger partial charge in [-0.2, -0.15) is 0 Å². The fourth-order valence-corrected chi connectivity index (χ4v) is 2.88. The monoisotopic (exact) mass is 210 g/mol. The molecule has 15 heavy (non-hydrogen) atoms. The first kappa shape index (κ1) is 10.9. The molecule has 1 saturated carbocycles. The summed E-state index contributed by atoms with van der Waals surface area (Å²) in [5, 5.41) is 3.37. The van der Waals surface area contributed by atoms with Gasteiger partial charge in [0.05, 0.1) is 0 Å². The fraction of sp³-hybridized carbons (Fsp3) is 0.917. The summed E-state index contributed by atoms with van der Waals surface area (Å²) in [6, 6.07) is 0.458. The van der Waals surface area contributed by atoms with E-state index < -0.39 is 0 Å². The number of carbonyl (C=O) groups is 1. The second-order valence-corrected chi connectivity index (χ2v) is 5.15. The Morgan fingerprint density at radius 3 is 2.73 bits per heavy atom. The Morgan fingerprint density at radius 2 is 2.13 bits per heavy atom. The van der Waals surface area contributed by atoms with Crippen molar-refractivity contribution < 1.29 is 4.79 Å². The number of piperazine rings is 1.